The molecule has 1 aromatic rings. The Morgan fingerprint density at radius 1 is 1.35 bits per heavy atom. The van der Waals surface area contributed by atoms with E-state index in [-0.39, 0.29) is 5.91 Å². The number of benzene rings is 1. The first-order chi connectivity index (χ1) is 9.52. The van der Waals surface area contributed by atoms with Crippen molar-refractivity contribution in [3.8, 4) is 0 Å². The average molecular weight is 304 g/mol. The van der Waals surface area contributed by atoms with Crippen molar-refractivity contribution in [1.82, 2.24) is 4.90 Å². The molecule has 2 rings (SSSR count). The molecular weight excluding hydrogens is 288 g/mol. The Hall–Kier alpha value is -1.59. The van der Waals surface area contributed by atoms with Crippen LogP contribution in [0, 0.1) is 0 Å². The van der Waals surface area contributed by atoms with E-state index in [2.05, 4.69) is 6.58 Å². The van der Waals surface area contributed by atoms with Crippen molar-refractivity contribution >= 4 is 46.0 Å². The quantitative estimate of drug-likeness (QED) is 0.484. The third-order valence-corrected chi connectivity index (χ3v) is 4.27. The summed E-state index contributed by atoms with van der Waals surface area (Å²) in [6, 6.07) is 8.04. The topological polar surface area (TPSA) is 23.6 Å². The predicted octanol–water partition coefficient (Wildman–Crippen LogP) is 3.14. The smallest absolute Gasteiger partial charge is 0.266 e. The van der Waals surface area contributed by atoms with Gasteiger partial charge < -0.3 is 4.90 Å². The Kier molecular flexibility index (Phi) is 4.62. The standard InChI is InChI=1S/C15H16N2OS2/c1-4-9-17-14(18)13(20-15(17)19)10-11-5-7-12(8-6-11)16(2)3/h4-8,10H,1,9H2,2-3H3. The minimum absolute atomic E-state index is 0.0448. The molecule has 0 aromatic heterocycles. The van der Waals surface area contributed by atoms with Crippen LogP contribution in [0.15, 0.2) is 41.8 Å². The van der Waals surface area contributed by atoms with Crippen LogP contribution >= 0.6 is 24.0 Å². The molecule has 0 saturated carbocycles. The Balaban J connectivity index is 2.21. The minimum Gasteiger partial charge on any atom is -0.378 e. The van der Waals surface area contributed by atoms with Gasteiger partial charge in [0.1, 0.15) is 4.32 Å². The van der Waals surface area contributed by atoms with Crippen LogP contribution in [0.5, 0.6) is 0 Å². The van der Waals surface area contributed by atoms with E-state index in [1.165, 1.54) is 11.8 Å². The summed E-state index contributed by atoms with van der Waals surface area (Å²) in [6.07, 6.45) is 3.56. The molecule has 1 aliphatic heterocycles. The number of thiocarbonyl (C=S) groups is 1. The first-order valence-electron chi connectivity index (χ1n) is 6.16. The third kappa shape index (κ3) is 3.11. The number of carbonyl (C=O) groups is 1. The first kappa shape index (κ1) is 14.8. The molecule has 5 heteroatoms. The highest BCUT2D eigenvalue weighted by Gasteiger charge is 2.30. The van der Waals surface area contributed by atoms with Gasteiger partial charge in [0.15, 0.2) is 0 Å². The van der Waals surface area contributed by atoms with Gasteiger partial charge in [0.05, 0.1) is 4.91 Å². The molecule has 1 fully saturated rings. The minimum atomic E-state index is -0.0448. The Bertz CT molecular complexity index is 576. The molecule has 0 spiro atoms. The monoisotopic (exact) mass is 304 g/mol. The average Bonchev–Trinajstić information content (AvgIpc) is 2.67. The maximum absolute atomic E-state index is 12.2. The molecule has 1 heterocycles. The fraction of sp³-hybridized carbons (Fsp3) is 0.200. The fourth-order valence-electron chi connectivity index (χ4n) is 1.81. The van der Waals surface area contributed by atoms with E-state index in [9.17, 15) is 4.79 Å². The Morgan fingerprint density at radius 2 is 2.00 bits per heavy atom. The van der Waals surface area contributed by atoms with Crippen molar-refractivity contribution in [2.24, 2.45) is 0 Å². The van der Waals surface area contributed by atoms with E-state index in [1.54, 1.807) is 11.0 Å². The van der Waals surface area contributed by atoms with Gasteiger partial charge in [-0.2, -0.15) is 0 Å². The van der Waals surface area contributed by atoms with Gasteiger partial charge in [-0.25, -0.2) is 0 Å². The SMILES string of the molecule is C=CCN1C(=O)C(=Cc2ccc(N(C)C)cc2)SC1=S. The van der Waals surface area contributed by atoms with Gasteiger partial charge in [0.2, 0.25) is 0 Å². The summed E-state index contributed by atoms with van der Waals surface area (Å²) < 4.78 is 0.589. The molecule has 0 N–H and O–H groups in total. The van der Waals surface area contributed by atoms with Crippen molar-refractivity contribution < 1.29 is 4.79 Å². The lowest BCUT2D eigenvalue weighted by Crippen LogP contribution is -2.27. The lowest BCUT2D eigenvalue weighted by Gasteiger charge is -2.12. The number of hydrogen-bond acceptors (Lipinski definition) is 4. The van der Waals surface area contributed by atoms with Crippen molar-refractivity contribution in [2.45, 2.75) is 0 Å². The van der Waals surface area contributed by atoms with Crippen LogP contribution < -0.4 is 4.90 Å². The molecule has 104 valence electrons. The second kappa shape index (κ2) is 6.24. The van der Waals surface area contributed by atoms with Crippen molar-refractivity contribution in [1.29, 1.82) is 0 Å². The fourth-order valence-corrected chi connectivity index (χ4v) is 3.08. The van der Waals surface area contributed by atoms with Crippen LogP contribution in [0.1, 0.15) is 5.56 Å². The third-order valence-electron chi connectivity index (χ3n) is 2.89. The molecule has 0 unspecified atom stereocenters. The van der Waals surface area contributed by atoms with Crippen LogP contribution in [0.4, 0.5) is 5.69 Å². The van der Waals surface area contributed by atoms with Gasteiger partial charge in [0.25, 0.3) is 5.91 Å². The molecule has 1 aliphatic rings. The predicted molar refractivity (Wildman–Crippen MR) is 90.8 cm³/mol. The molecule has 1 amide bonds. The van der Waals surface area contributed by atoms with Crippen LogP contribution in [-0.4, -0.2) is 35.8 Å². The molecule has 0 aliphatic carbocycles. The number of hydrogen-bond donors (Lipinski definition) is 0. The maximum atomic E-state index is 12.2. The summed E-state index contributed by atoms with van der Waals surface area (Å²) in [6.45, 7) is 4.10. The second-order valence-electron chi connectivity index (χ2n) is 4.57. The Labute approximate surface area is 128 Å². The zero-order valence-corrected chi connectivity index (χ0v) is 13.1. The van der Waals surface area contributed by atoms with E-state index in [4.69, 9.17) is 12.2 Å². The lowest BCUT2D eigenvalue weighted by atomic mass is 10.2. The summed E-state index contributed by atoms with van der Waals surface area (Å²) in [5.74, 6) is -0.0448. The highest BCUT2D eigenvalue weighted by atomic mass is 32.2. The van der Waals surface area contributed by atoms with Gasteiger partial charge in [-0.05, 0) is 23.8 Å². The van der Waals surface area contributed by atoms with E-state index < -0.39 is 0 Å². The summed E-state index contributed by atoms with van der Waals surface area (Å²) >= 11 is 6.54. The lowest BCUT2D eigenvalue weighted by molar-refractivity contribution is -0.121. The summed E-state index contributed by atoms with van der Waals surface area (Å²) in [4.78, 5) is 16.4. The highest BCUT2D eigenvalue weighted by molar-refractivity contribution is 8.26. The molecule has 3 nitrogen and oxygen atoms in total. The van der Waals surface area contributed by atoms with Crippen molar-refractivity contribution in [3.63, 3.8) is 0 Å². The number of anilines is 1. The van der Waals surface area contributed by atoms with Gasteiger partial charge >= 0.3 is 0 Å². The molecule has 1 saturated heterocycles. The number of nitrogens with zero attached hydrogens (tertiary/aromatic N) is 2. The zero-order chi connectivity index (χ0) is 14.7. The zero-order valence-electron chi connectivity index (χ0n) is 11.5. The van der Waals surface area contributed by atoms with Gasteiger partial charge in [-0.3, -0.25) is 9.69 Å². The summed E-state index contributed by atoms with van der Waals surface area (Å²) in [5.41, 5.74) is 2.12. The van der Waals surface area contributed by atoms with E-state index in [0.717, 1.165) is 11.3 Å². The summed E-state index contributed by atoms with van der Waals surface area (Å²) in [5, 5.41) is 0. The van der Waals surface area contributed by atoms with E-state index >= 15 is 0 Å². The van der Waals surface area contributed by atoms with Gasteiger partial charge in [0, 0.05) is 26.3 Å². The number of carbonyl (C=O) groups excluding carboxylic acids is 1. The van der Waals surface area contributed by atoms with E-state index in [1.807, 2.05) is 49.3 Å². The number of thioether (sulfide) groups is 1. The molecule has 20 heavy (non-hydrogen) atoms. The first-order valence-corrected chi connectivity index (χ1v) is 7.39. The molecule has 0 atom stereocenters. The van der Waals surface area contributed by atoms with Crippen molar-refractivity contribution in [3.05, 3.63) is 47.4 Å². The molecule has 1 aromatic carbocycles. The molecule has 0 bridgehead atoms. The van der Waals surface area contributed by atoms with Gasteiger partial charge in [-0.15, -0.1) is 6.58 Å². The van der Waals surface area contributed by atoms with Gasteiger partial charge in [-0.1, -0.05) is 42.2 Å². The summed E-state index contributed by atoms with van der Waals surface area (Å²) in [7, 11) is 3.99. The maximum Gasteiger partial charge on any atom is 0.266 e. The number of amides is 1. The highest BCUT2D eigenvalue weighted by Crippen LogP contribution is 2.32. The van der Waals surface area contributed by atoms with Crippen LogP contribution in [0.25, 0.3) is 6.08 Å². The largest absolute Gasteiger partial charge is 0.378 e. The normalized spacial score (nSPS) is 16.9. The molecule has 0 radical (unpaired) electrons. The second-order valence-corrected chi connectivity index (χ2v) is 6.24. The van der Waals surface area contributed by atoms with E-state index in [0.29, 0.717) is 15.8 Å². The Morgan fingerprint density at radius 3 is 2.55 bits per heavy atom. The number of rotatable bonds is 4. The van der Waals surface area contributed by atoms with Crippen molar-refractivity contribution in [2.75, 3.05) is 25.5 Å². The molecular formula is C15H16N2OS2. The van der Waals surface area contributed by atoms with Crippen LogP contribution in [0.2, 0.25) is 0 Å². The van der Waals surface area contributed by atoms with Crippen LogP contribution in [-0.2, 0) is 4.79 Å². The van der Waals surface area contributed by atoms with Crippen LogP contribution in [0.3, 0.4) is 0 Å².